The maximum absolute atomic E-state index is 13.5. The van der Waals surface area contributed by atoms with E-state index in [1.807, 2.05) is 63.2 Å². The van der Waals surface area contributed by atoms with Gasteiger partial charge in [-0.1, -0.05) is 41.1 Å². The van der Waals surface area contributed by atoms with E-state index < -0.39 is 10.0 Å². The van der Waals surface area contributed by atoms with Crippen LogP contribution in [0.25, 0.3) is 12.2 Å². The highest BCUT2D eigenvalue weighted by molar-refractivity contribution is 7.89. The Hall–Kier alpha value is -2.49. The van der Waals surface area contributed by atoms with Gasteiger partial charge in [-0.15, -0.1) is 0 Å². The largest absolute Gasteiger partial charge is 0.355 e. The summed E-state index contributed by atoms with van der Waals surface area (Å²) in [5, 5.41) is 3.92. The number of rotatable bonds is 9. The number of piperidine rings is 1. The lowest BCUT2D eigenvalue weighted by Crippen LogP contribution is -2.45. The van der Waals surface area contributed by atoms with Gasteiger partial charge >= 0.3 is 0 Å². The zero-order valence-electron chi connectivity index (χ0n) is 20.8. The summed E-state index contributed by atoms with van der Waals surface area (Å²) in [6, 6.07) is 7.91. The van der Waals surface area contributed by atoms with E-state index in [9.17, 15) is 13.2 Å². The fourth-order valence-corrected chi connectivity index (χ4v) is 5.84. The van der Waals surface area contributed by atoms with Gasteiger partial charge in [0.15, 0.2) is 10.7 Å². The Morgan fingerprint density at radius 1 is 1.12 bits per heavy atom. The van der Waals surface area contributed by atoms with Crippen molar-refractivity contribution in [1.29, 1.82) is 0 Å². The number of sulfonamides is 1. The van der Waals surface area contributed by atoms with Crippen LogP contribution in [0, 0.1) is 19.8 Å². The van der Waals surface area contributed by atoms with Crippen molar-refractivity contribution in [3.8, 4) is 0 Å². The lowest BCUT2D eigenvalue weighted by atomic mass is 9.96. The molecule has 1 aliphatic rings. The number of aryl methyl sites for hydroxylation is 2. The zero-order chi connectivity index (χ0) is 24.9. The summed E-state index contributed by atoms with van der Waals surface area (Å²) in [7, 11) is 0.176. The van der Waals surface area contributed by atoms with Gasteiger partial charge in [0.2, 0.25) is 15.9 Å². The highest BCUT2D eigenvalue weighted by atomic mass is 32.2. The second kappa shape index (κ2) is 11.3. The number of amides is 1. The summed E-state index contributed by atoms with van der Waals surface area (Å²) in [5.41, 5.74) is 2.43. The van der Waals surface area contributed by atoms with Crippen LogP contribution < -0.4 is 0 Å². The molecule has 186 valence electrons. The van der Waals surface area contributed by atoms with E-state index in [0.29, 0.717) is 44.7 Å². The van der Waals surface area contributed by atoms with Crippen molar-refractivity contribution in [1.82, 2.24) is 19.3 Å². The SMILES string of the molecule is CCN(CCN(C)C)C(=O)C1CCN(S(=O)(=O)c2c(C)noc2C=Cc2ccc(C)cc2)CC1. The second-order valence-corrected chi connectivity index (χ2v) is 11.0. The summed E-state index contributed by atoms with van der Waals surface area (Å²) in [6.07, 6.45) is 4.48. The van der Waals surface area contributed by atoms with Gasteiger partial charge in [-0.25, -0.2) is 8.42 Å². The van der Waals surface area contributed by atoms with Gasteiger partial charge in [0.05, 0.1) is 0 Å². The molecule has 0 bridgehead atoms. The monoisotopic (exact) mass is 488 g/mol. The standard InChI is InChI=1S/C25H36N4O4S/c1-6-28(18-17-27(4)5)25(30)22-13-15-29(16-14-22)34(31,32)24-20(3)26-33-23(24)12-11-21-9-7-19(2)8-10-21/h7-12,22H,6,13-18H2,1-5H3. The fourth-order valence-electron chi connectivity index (χ4n) is 4.12. The Morgan fingerprint density at radius 2 is 1.76 bits per heavy atom. The molecule has 1 saturated heterocycles. The average molecular weight is 489 g/mol. The minimum absolute atomic E-state index is 0.0989. The molecule has 1 fully saturated rings. The van der Waals surface area contributed by atoms with E-state index in [2.05, 4.69) is 10.1 Å². The predicted octanol–water partition coefficient (Wildman–Crippen LogP) is 3.27. The lowest BCUT2D eigenvalue weighted by molar-refractivity contribution is -0.136. The number of hydrogen-bond acceptors (Lipinski definition) is 6. The number of nitrogens with zero attached hydrogens (tertiary/aromatic N) is 4. The van der Waals surface area contributed by atoms with E-state index in [1.54, 1.807) is 13.0 Å². The first kappa shape index (κ1) is 26.1. The van der Waals surface area contributed by atoms with E-state index in [4.69, 9.17) is 4.52 Å². The molecule has 0 unspecified atom stereocenters. The van der Waals surface area contributed by atoms with Gasteiger partial charge in [0, 0.05) is 38.6 Å². The molecule has 0 aliphatic carbocycles. The van der Waals surface area contributed by atoms with Gasteiger partial charge in [-0.05, 0) is 59.3 Å². The Bertz CT molecular complexity index is 1100. The van der Waals surface area contributed by atoms with Crippen LogP contribution >= 0.6 is 0 Å². The fraction of sp³-hybridized carbons (Fsp3) is 0.520. The maximum Gasteiger partial charge on any atom is 0.248 e. The van der Waals surface area contributed by atoms with Crippen molar-refractivity contribution in [2.45, 2.75) is 38.5 Å². The molecule has 2 heterocycles. The van der Waals surface area contributed by atoms with Gasteiger partial charge < -0.3 is 14.3 Å². The summed E-state index contributed by atoms with van der Waals surface area (Å²) >= 11 is 0. The van der Waals surface area contributed by atoms with Crippen LogP contribution in [0.15, 0.2) is 33.7 Å². The molecule has 2 aromatic rings. The molecule has 1 aromatic carbocycles. The van der Waals surface area contributed by atoms with Crippen LogP contribution in [0.5, 0.6) is 0 Å². The Kier molecular flexibility index (Phi) is 8.67. The first-order valence-electron chi connectivity index (χ1n) is 11.8. The van der Waals surface area contributed by atoms with Crippen molar-refractivity contribution >= 4 is 28.1 Å². The van der Waals surface area contributed by atoms with Crippen LogP contribution in [-0.2, 0) is 14.8 Å². The van der Waals surface area contributed by atoms with Gasteiger partial charge in [-0.3, -0.25) is 4.79 Å². The third kappa shape index (κ3) is 6.14. The molecule has 3 rings (SSSR count). The average Bonchev–Trinajstić information content (AvgIpc) is 3.20. The molecule has 8 nitrogen and oxygen atoms in total. The third-order valence-electron chi connectivity index (χ3n) is 6.25. The van der Waals surface area contributed by atoms with Crippen LogP contribution in [-0.4, -0.2) is 80.4 Å². The first-order valence-corrected chi connectivity index (χ1v) is 13.2. The maximum atomic E-state index is 13.5. The van der Waals surface area contributed by atoms with Crippen molar-refractivity contribution < 1.29 is 17.7 Å². The molecule has 0 atom stereocenters. The molecule has 0 N–H and O–H groups in total. The summed E-state index contributed by atoms with van der Waals surface area (Å²) in [6.45, 7) is 8.37. The molecule has 1 aromatic heterocycles. The van der Waals surface area contributed by atoms with E-state index in [-0.39, 0.29) is 22.5 Å². The molecule has 9 heteroatoms. The number of likely N-dealkylation sites (N-methyl/N-ethyl adjacent to an activating group) is 2. The van der Waals surface area contributed by atoms with Crippen molar-refractivity contribution in [3.05, 3.63) is 46.8 Å². The Balaban J connectivity index is 1.70. The minimum atomic E-state index is -3.79. The van der Waals surface area contributed by atoms with Crippen LogP contribution in [0.4, 0.5) is 0 Å². The van der Waals surface area contributed by atoms with Crippen molar-refractivity contribution in [2.75, 3.05) is 46.8 Å². The molecule has 0 radical (unpaired) electrons. The molecular formula is C25H36N4O4S. The molecule has 0 saturated carbocycles. The second-order valence-electron chi connectivity index (χ2n) is 9.10. The van der Waals surface area contributed by atoms with Gasteiger partial charge in [0.25, 0.3) is 0 Å². The molecular weight excluding hydrogens is 452 g/mol. The number of benzene rings is 1. The van der Waals surface area contributed by atoms with Gasteiger partial charge in [0.1, 0.15) is 5.69 Å². The molecule has 1 aliphatic heterocycles. The first-order chi connectivity index (χ1) is 16.1. The third-order valence-corrected chi connectivity index (χ3v) is 8.31. The number of hydrogen-bond donors (Lipinski definition) is 0. The van der Waals surface area contributed by atoms with Crippen LogP contribution in [0.2, 0.25) is 0 Å². The predicted molar refractivity (Wildman–Crippen MR) is 134 cm³/mol. The minimum Gasteiger partial charge on any atom is -0.355 e. The summed E-state index contributed by atoms with van der Waals surface area (Å²) in [5.74, 6) is 0.180. The van der Waals surface area contributed by atoms with E-state index in [1.165, 1.54) is 4.31 Å². The Labute approximate surface area is 203 Å². The number of aromatic nitrogens is 1. The van der Waals surface area contributed by atoms with Crippen LogP contribution in [0.1, 0.15) is 42.3 Å². The molecule has 1 amide bonds. The lowest BCUT2D eigenvalue weighted by Gasteiger charge is -2.33. The Morgan fingerprint density at radius 3 is 2.35 bits per heavy atom. The van der Waals surface area contributed by atoms with Crippen molar-refractivity contribution in [3.63, 3.8) is 0 Å². The van der Waals surface area contributed by atoms with E-state index in [0.717, 1.165) is 17.7 Å². The highest BCUT2D eigenvalue weighted by Crippen LogP contribution is 2.29. The van der Waals surface area contributed by atoms with E-state index >= 15 is 0 Å². The summed E-state index contributed by atoms with van der Waals surface area (Å²) in [4.78, 5) is 17.0. The molecule has 34 heavy (non-hydrogen) atoms. The number of carbonyl (C=O) groups is 1. The highest BCUT2D eigenvalue weighted by Gasteiger charge is 2.36. The summed E-state index contributed by atoms with van der Waals surface area (Å²) < 4.78 is 33.8. The normalized spacial score (nSPS) is 15.9. The smallest absolute Gasteiger partial charge is 0.248 e. The van der Waals surface area contributed by atoms with Gasteiger partial charge in [-0.2, -0.15) is 4.31 Å². The number of carbonyl (C=O) groups excluding carboxylic acids is 1. The van der Waals surface area contributed by atoms with Crippen molar-refractivity contribution in [2.24, 2.45) is 5.92 Å². The molecule has 0 spiro atoms. The zero-order valence-corrected chi connectivity index (χ0v) is 21.6. The quantitative estimate of drug-likeness (QED) is 0.538. The topological polar surface area (TPSA) is 87.0 Å². The van der Waals surface area contributed by atoms with Crippen LogP contribution in [0.3, 0.4) is 0 Å².